The third kappa shape index (κ3) is 15.3. The van der Waals surface area contributed by atoms with E-state index in [4.69, 9.17) is 0 Å². The Bertz CT molecular complexity index is 1540. The third-order valence-corrected chi connectivity index (χ3v) is 11.1. The number of benzene rings is 1. The lowest BCUT2D eigenvalue weighted by molar-refractivity contribution is -0.137. The van der Waals surface area contributed by atoms with Crippen LogP contribution in [0.3, 0.4) is 0 Å². The van der Waals surface area contributed by atoms with Crippen LogP contribution in [0.5, 0.6) is 0 Å². The molecule has 1 aromatic carbocycles. The minimum Gasteiger partial charge on any atom is -0.351 e. The van der Waals surface area contributed by atoms with Crippen LogP contribution >= 0.6 is 0 Å². The van der Waals surface area contributed by atoms with Crippen LogP contribution in [0.15, 0.2) is 24.3 Å². The molecule has 0 aromatic heterocycles. The molecule has 13 nitrogen and oxygen atoms in total. The lowest BCUT2D eigenvalue weighted by Crippen LogP contribution is -2.63. The molecule has 6 amide bonds. The fourth-order valence-corrected chi connectivity index (χ4v) is 8.10. The van der Waals surface area contributed by atoms with E-state index in [0.29, 0.717) is 44.7 Å². The van der Waals surface area contributed by atoms with Gasteiger partial charge in [0.05, 0.1) is 0 Å². The average molecular weight is 814 g/mol. The maximum Gasteiger partial charge on any atom is 0.254 e. The summed E-state index contributed by atoms with van der Waals surface area (Å²) in [6, 6.07) is 1.41. The highest BCUT2D eigenvalue weighted by molar-refractivity contribution is 6.00. The van der Waals surface area contributed by atoms with Crippen molar-refractivity contribution in [2.45, 2.75) is 155 Å². The van der Waals surface area contributed by atoms with Crippen molar-refractivity contribution in [1.82, 2.24) is 36.4 Å². The summed E-state index contributed by atoms with van der Waals surface area (Å²) in [5, 5.41) is 14.5. The maximum absolute atomic E-state index is 14.2. The number of likely N-dealkylation sites (N-methyl/N-ethyl adjacent to an activating group) is 1. The van der Waals surface area contributed by atoms with Gasteiger partial charge in [0.1, 0.15) is 35.5 Å². The quantitative estimate of drug-likeness (QED) is 0.129. The maximum atomic E-state index is 14.2. The van der Waals surface area contributed by atoms with E-state index in [1.54, 1.807) is 13.8 Å². The van der Waals surface area contributed by atoms with Gasteiger partial charge in [-0.15, -0.1) is 0 Å². The van der Waals surface area contributed by atoms with Crippen molar-refractivity contribution in [3.8, 4) is 0 Å². The van der Waals surface area contributed by atoms with E-state index in [2.05, 4.69) is 26.6 Å². The highest BCUT2D eigenvalue weighted by Gasteiger charge is 2.41. The van der Waals surface area contributed by atoms with Gasteiger partial charge in [-0.25, -0.2) is 4.39 Å². The van der Waals surface area contributed by atoms with E-state index >= 15 is 0 Å². The van der Waals surface area contributed by atoms with Crippen molar-refractivity contribution >= 4 is 35.4 Å². The fraction of sp³-hybridized carbons (Fsp3) is 0.727. The molecule has 58 heavy (non-hydrogen) atoms. The summed E-state index contributed by atoms with van der Waals surface area (Å²) in [4.78, 5) is 86.2. The van der Waals surface area contributed by atoms with Gasteiger partial charge in [0, 0.05) is 24.7 Å². The fourth-order valence-electron chi connectivity index (χ4n) is 8.10. The number of halogens is 1. The van der Waals surface area contributed by atoms with Crippen LogP contribution in [0.25, 0.3) is 0 Å². The monoisotopic (exact) mass is 814 g/mol. The van der Waals surface area contributed by atoms with Gasteiger partial charge in [0.25, 0.3) is 5.91 Å². The van der Waals surface area contributed by atoms with Gasteiger partial charge in [-0.2, -0.15) is 0 Å². The number of hydrogen-bond acceptors (Lipinski definition) is 7. The molecule has 14 heteroatoms. The van der Waals surface area contributed by atoms with Crippen LogP contribution in [0.2, 0.25) is 0 Å². The van der Waals surface area contributed by atoms with Gasteiger partial charge in [0.2, 0.25) is 29.5 Å². The van der Waals surface area contributed by atoms with Crippen LogP contribution < -0.4 is 26.6 Å². The molecular formula is C44H72FN7O6. The van der Waals surface area contributed by atoms with E-state index in [-0.39, 0.29) is 47.6 Å². The minimum atomic E-state index is -1.45. The van der Waals surface area contributed by atoms with E-state index in [1.165, 1.54) is 35.6 Å². The van der Waals surface area contributed by atoms with Crippen molar-refractivity contribution in [2.75, 3.05) is 27.2 Å². The molecule has 2 fully saturated rings. The highest BCUT2D eigenvalue weighted by Crippen LogP contribution is 2.29. The number of amides is 6. The molecule has 6 atom stereocenters. The molecule has 5 N–H and O–H groups in total. The van der Waals surface area contributed by atoms with Crippen LogP contribution in [-0.4, -0.2) is 108 Å². The zero-order valence-electron chi connectivity index (χ0n) is 36.7. The Morgan fingerprint density at radius 1 is 0.793 bits per heavy atom. The van der Waals surface area contributed by atoms with Gasteiger partial charge in [-0.05, 0) is 115 Å². The molecule has 326 valence electrons. The predicted octanol–water partition coefficient (Wildman–Crippen LogP) is 4.54. The first kappa shape index (κ1) is 48.3. The second-order valence-corrected chi connectivity index (χ2v) is 18.6. The number of nitrogens with zero attached hydrogens (tertiary/aromatic N) is 2. The van der Waals surface area contributed by atoms with E-state index < -0.39 is 59.2 Å². The number of carbonyl (C=O) groups is 6. The van der Waals surface area contributed by atoms with Crippen molar-refractivity contribution in [1.29, 1.82) is 0 Å². The van der Waals surface area contributed by atoms with Crippen LogP contribution in [0.4, 0.5) is 4.39 Å². The van der Waals surface area contributed by atoms with E-state index in [9.17, 15) is 33.2 Å². The SMILES string of the molecule is CC(C)C[C@H](NC(=O)[C@H](CCC1CCCCC1)NC(=O)[C@@H]1C[C@H](C)CN1C(=O)c1ccc(F)cc1)C(=O)NC(C)(C)C(=O)N[C@@H](CC(C)C)C(=O)N[C@@H](C)CN(C)C. The Hall–Kier alpha value is -4.07. The van der Waals surface area contributed by atoms with Gasteiger partial charge >= 0.3 is 0 Å². The first-order valence-electron chi connectivity index (χ1n) is 21.4. The van der Waals surface area contributed by atoms with Gasteiger partial charge in [-0.3, -0.25) is 28.8 Å². The second kappa shape index (κ2) is 22.3. The predicted molar refractivity (Wildman–Crippen MR) is 224 cm³/mol. The summed E-state index contributed by atoms with van der Waals surface area (Å²) >= 11 is 0. The average Bonchev–Trinajstić information content (AvgIpc) is 3.53. The molecule has 1 aliphatic heterocycles. The standard InChI is InChI=1S/C44H72FN7O6/c1-27(2)22-35(39(54)46-30(6)26-51(9)10)49-43(58)44(7,8)50-40(55)36(23-28(3)4)48-38(53)34(21-16-31-14-12-11-13-15-31)47-41(56)37-24-29(5)25-52(37)42(57)32-17-19-33(45)20-18-32/h17-20,27-31,34-37H,11-16,21-26H2,1-10H3,(H,46,54)(H,47,56)(H,48,53)(H,49,58)(H,50,55)/t29-,30-,34-,35-,36-,37-/m0/s1. The summed E-state index contributed by atoms with van der Waals surface area (Å²) < 4.78 is 13.6. The first-order chi connectivity index (χ1) is 27.2. The normalized spacial score (nSPS) is 19.7. The largest absolute Gasteiger partial charge is 0.351 e. The van der Waals surface area contributed by atoms with Gasteiger partial charge in [0.15, 0.2) is 0 Å². The number of carbonyl (C=O) groups excluding carboxylic acids is 6. The molecule has 0 radical (unpaired) electrons. The lowest BCUT2D eigenvalue weighted by atomic mass is 9.85. The molecule has 1 saturated carbocycles. The summed E-state index contributed by atoms with van der Waals surface area (Å²) in [5.41, 5.74) is -1.18. The molecule has 0 unspecified atom stereocenters. The topological polar surface area (TPSA) is 169 Å². The molecule has 3 rings (SSSR count). The smallest absolute Gasteiger partial charge is 0.254 e. The highest BCUT2D eigenvalue weighted by atomic mass is 19.1. The third-order valence-electron chi connectivity index (χ3n) is 11.1. The first-order valence-corrected chi connectivity index (χ1v) is 21.4. The van der Waals surface area contributed by atoms with Crippen molar-refractivity contribution in [3.05, 3.63) is 35.6 Å². The summed E-state index contributed by atoms with van der Waals surface area (Å²) in [6.07, 6.45) is 7.64. The number of rotatable bonds is 20. The number of likely N-dealkylation sites (tertiary alicyclic amines) is 1. The zero-order chi connectivity index (χ0) is 43.3. The molecule has 1 aliphatic carbocycles. The van der Waals surface area contributed by atoms with Gasteiger partial charge in [-0.1, -0.05) is 66.7 Å². The van der Waals surface area contributed by atoms with Crippen LogP contribution in [0, 0.1) is 29.5 Å². The molecule has 2 aliphatic rings. The summed E-state index contributed by atoms with van der Waals surface area (Å²) in [6.45, 7) is 15.7. The van der Waals surface area contributed by atoms with Crippen LogP contribution in [0.1, 0.15) is 130 Å². The van der Waals surface area contributed by atoms with Crippen molar-refractivity contribution in [3.63, 3.8) is 0 Å². The Morgan fingerprint density at radius 3 is 1.93 bits per heavy atom. The number of hydrogen-bond donors (Lipinski definition) is 5. The van der Waals surface area contributed by atoms with E-state index in [1.807, 2.05) is 60.5 Å². The van der Waals surface area contributed by atoms with Crippen molar-refractivity contribution in [2.24, 2.45) is 23.7 Å². The minimum absolute atomic E-state index is 0.0162. The summed E-state index contributed by atoms with van der Waals surface area (Å²) in [7, 11) is 3.83. The lowest BCUT2D eigenvalue weighted by Gasteiger charge is -2.32. The van der Waals surface area contributed by atoms with Crippen LogP contribution in [-0.2, 0) is 24.0 Å². The Morgan fingerprint density at radius 2 is 1.36 bits per heavy atom. The van der Waals surface area contributed by atoms with Gasteiger partial charge < -0.3 is 36.4 Å². The van der Waals surface area contributed by atoms with E-state index in [0.717, 1.165) is 25.7 Å². The second-order valence-electron chi connectivity index (χ2n) is 18.6. The Kier molecular flexibility index (Phi) is 18.6. The Balaban J connectivity index is 1.79. The molecule has 1 aromatic rings. The Labute approximate surface area is 346 Å². The molecule has 1 saturated heterocycles. The van der Waals surface area contributed by atoms with Crippen molar-refractivity contribution < 1.29 is 33.2 Å². The summed E-state index contributed by atoms with van der Waals surface area (Å²) in [5.74, 6) is -2.72. The zero-order valence-corrected chi connectivity index (χ0v) is 36.7. The molecular weight excluding hydrogens is 742 g/mol. The molecule has 1 heterocycles. The molecule has 0 spiro atoms. The molecule has 0 bridgehead atoms. The number of nitrogens with one attached hydrogen (secondary N) is 5.